The van der Waals surface area contributed by atoms with Gasteiger partial charge in [0.25, 0.3) is 0 Å². The lowest BCUT2D eigenvalue weighted by Crippen LogP contribution is -2.27. The molecule has 0 aromatic heterocycles. The predicted octanol–water partition coefficient (Wildman–Crippen LogP) is 1.02. The predicted molar refractivity (Wildman–Crippen MR) is 72.7 cm³/mol. The minimum absolute atomic E-state index is 0.607. The average molecular weight is 349 g/mol. The molecule has 1 aromatic rings. The molecule has 1 aliphatic carbocycles. The molecule has 19 heavy (non-hydrogen) atoms. The molecular formula is C12H13BrO5S. The lowest BCUT2D eigenvalue weighted by atomic mass is 10.0. The van der Waals surface area contributed by atoms with Gasteiger partial charge in [-0.1, -0.05) is 28.1 Å². The molecule has 0 heterocycles. The van der Waals surface area contributed by atoms with Crippen LogP contribution in [0.15, 0.2) is 28.7 Å². The Labute approximate surface area is 119 Å². The number of aliphatic carboxylic acids is 1. The van der Waals surface area contributed by atoms with E-state index in [4.69, 9.17) is 0 Å². The van der Waals surface area contributed by atoms with Gasteiger partial charge in [-0.15, -0.1) is 0 Å². The van der Waals surface area contributed by atoms with Gasteiger partial charge in [0.1, 0.15) is 5.41 Å². The standard InChI is InChI=1S/C12H13BrO5S/c1-19(17,18)10-9(12(10,6-14)11(15)16)7-2-4-8(13)5-3-7/h2-5,9-10,14H,6H2,1H3,(H,15,16)/t9-,10+,12-/m1/s1. The highest BCUT2D eigenvalue weighted by atomic mass is 79.9. The van der Waals surface area contributed by atoms with Gasteiger partial charge in [-0.25, -0.2) is 8.42 Å². The minimum Gasteiger partial charge on any atom is -0.481 e. The lowest BCUT2D eigenvalue weighted by molar-refractivity contribution is -0.145. The van der Waals surface area contributed by atoms with Crippen molar-refractivity contribution in [2.45, 2.75) is 11.2 Å². The maximum atomic E-state index is 11.7. The van der Waals surface area contributed by atoms with Crippen LogP contribution in [0.2, 0.25) is 0 Å². The van der Waals surface area contributed by atoms with Gasteiger partial charge in [-0.05, 0) is 17.7 Å². The number of aliphatic hydroxyl groups is 1. The molecule has 0 aliphatic heterocycles. The Morgan fingerprint density at radius 2 is 1.89 bits per heavy atom. The van der Waals surface area contributed by atoms with Gasteiger partial charge >= 0.3 is 5.97 Å². The van der Waals surface area contributed by atoms with Gasteiger partial charge in [0.15, 0.2) is 9.84 Å². The summed E-state index contributed by atoms with van der Waals surface area (Å²) in [7, 11) is -3.55. The van der Waals surface area contributed by atoms with Crippen LogP contribution < -0.4 is 0 Å². The van der Waals surface area contributed by atoms with E-state index in [0.29, 0.717) is 5.56 Å². The second-order valence-corrected chi connectivity index (χ2v) is 7.87. The van der Waals surface area contributed by atoms with Crippen LogP contribution in [0.25, 0.3) is 0 Å². The van der Waals surface area contributed by atoms with Gasteiger partial charge in [0, 0.05) is 16.6 Å². The summed E-state index contributed by atoms with van der Waals surface area (Å²) in [5.41, 5.74) is -1.02. The Bertz CT molecular complexity index is 610. The van der Waals surface area contributed by atoms with Crippen LogP contribution in [-0.2, 0) is 14.6 Å². The van der Waals surface area contributed by atoms with Gasteiger partial charge in [0.2, 0.25) is 0 Å². The molecular weight excluding hydrogens is 336 g/mol. The summed E-state index contributed by atoms with van der Waals surface area (Å²) in [6.45, 7) is -0.694. The fraction of sp³-hybridized carbons (Fsp3) is 0.417. The first-order chi connectivity index (χ1) is 8.75. The molecule has 2 N–H and O–H groups in total. The van der Waals surface area contributed by atoms with Crippen LogP contribution in [-0.4, -0.2) is 42.7 Å². The van der Waals surface area contributed by atoms with Crippen molar-refractivity contribution in [1.82, 2.24) is 0 Å². The molecule has 0 bridgehead atoms. The second kappa shape index (κ2) is 4.57. The molecule has 7 heteroatoms. The van der Waals surface area contributed by atoms with Crippen LogP contribution in [0.5, 0.6) is 0 Å². The Morgan fingerprint density at radius 1 is 1.37 bits per heavy atom. The van der Waals surface area contributed by atoms with Crippen LogP contribution >= 0.6 is 15.9 Å². The van der Waals surface area contributed by atoms with Crippen LogP contribution in [0.3, 0.4) is 0 Å². The number of carbonyl (C=O) groups is 1. The summed E-state index contributed by atoms with van der Waals surface area (Å²) in [6, 6.07) is 6.79. The van der Waals surface area contributed by atoms with Crippen molar-refractivity contribution in [3.63, 3.8) is 0 Å². The third kappa shape index (κ3) is 2.19. The van der Waals surface area contributed by atoms with E-state index >= 15 is 0 Å². The average Bonchev–Trinajstić information content (AvgIpc) is 3.00. The number of benzene rings is 1. The maximum Gasteiger partial charge on any atom is 0.314 e. The first-order valence-corrected chi connectivity index (χ1v) is 8.28. The van der Waals surface area contributed by atoms with Crippen molar-refractivity contribution in [3.05, 3.63) is 34.3 Å². The lowest BCUT2D eigenvalue weighted by Gasteiger charge is -2.08. The molecule has 0 unspecified atom stereocenters. The van der Waals surface area contributed by atoms with Gasteiger partial charge in [0.05, 0.1) is 11.9 Å². The molecule has 0 saturated heterocycles. The van der Waals surface area contributed by atoms with E-state index in [2.05, 4.69) is 15.9 Å². The summed E-state index contributed by atoms with van der Waals surface area (Å²) in [5.74, 6) is -1.99. The zero-order valence-corrected chi connectivity index (χ0v) is 12.5. The number of hydrogen-bond acceptors (Lipinski definition) is 4. The number of halogens is 1. The highest BCUT2D eigenvalue weighted by molar-refractivity contribution is 9.10. The summed E-state index contributed by atoms with van der Waals surface area (Å²) in [4.78, 5) is 11.4. The van der Waals surface area contributed by atoms with E-state index in [1.54, 1.807) is 24.3 Å². The van der Waals surface area contributed by atoms with Gasteiger partial charge in [-0.2, -0.15) is 0 Å². The zero-order valence-electron chi connectivity index (χ0n) is 10.1. The van der Waals surface area contributed by atoms with Crippen molar-refractivity contribution in [3.8, 4) is 0 Å². The summed E-state index contributed by atoms with van der Waals surface area (Å²) >= 11 is 3.26. The van der Waals surface area contributed by atoms with Gasteiger partial charge in [-0.3, -0.25) is 4.79 Å². The third-order valence-electron chi connectivity index (χ3n) is 3.61. The van der Waals surface area contributed by atoms with Crippen LogP contribution in [0, 0.1) is 5.41 Å². The van der Waals surface area contributed by atoms with Crippen molar-refractivity contribution >= 4 is 31.7 Å². The normalized spacial score (nSPS) is 30.1. The molecule has 1 aromatic carbocycles. The van der Waals surface area contributed by atoms with E-state index in [0.717, 1.165) is 10.7 Å². The van der Waals surface area contributed by atoms with E-state index in [1.807, 2.05) is 0 Å². The smallest absolute Gasteiger partial charge is 0.314 e. The topological polar surface area (TPSA) is 91.7 Å². The molecule has 5 nitrogen and oxygen atoms in total. The Balaban J connectivity index is 2.50. The maximum absolute atomic E-state index is 11.7. The number of rotatable bonds is 4. The second-order valence-electron chi connectivity index (χ2n) is 4.78. The molecule has 0 spiro atoms. The zero-order chi connectivity index (χ0) is 14.4. The van der Waals surface area contributed by atoms with Gasteiger partial charge < -0.3 is 10.2 Å². The minimum atomic E-state index is -3.55. The van der Waals surface area contributed by atoms with Crippen molar-refractivity contribution in [2.24, 2.45) is 5.41 Å². The van der Waals surface area contributed by atoms with E-state index in [1.165, 1.54) is 0 Å². The van der Waals surface area contributed by atoms with Crippen LogP contribution in [0.1, 0.15) is 11.5 Å². The van der Waals surface area contributed by atoms with Crippen molar-refractivity contribution in [1.29, 1.82) is 0 Å². The molecule has 3 atom stereocenters. The summed E-state index contributed by atoms with van der Waals surface area (Å²) in [5, 5.41) is 17.6. The highest BCUT2D eigenvalue weighted by Gasteiger charge is 2.74. The molecule has 0 amide bonds. The third-order valence-corrected chi connectivity index (χ3v) is 5.75. The number of carboxylic acid groups (broad SMARTS) is 1. The summed E-state index contributed by atoms with van der Waals surface area (Å²) < 4.78 is 24.3. The van der Waals surface area contributed by atoms with Crippen LogP contribution in [0.4, 0.5) is 0 Å². The molecule has 0 radical (unpaired) electrons. The Morgan fingerprint density at radius 3 is 2.21 bits per heavy atom. The molecule has 2 rings (SSSR count). The Kier molecular flexibility index (Phi) is 3.49. The van der Waals surface area contributed by atoms with Crippen molar-refractivity contribution in [2.75, 3.05) is 12.9 Å². The molecule has 1 aliphatic rings. The van der Waals surface area contributed by atoms with E-state index in [9.17, 15) is 23.4 Å². The Hall–Kier alpha value is -0.920. The van der Waals surface area contributed by atoms with E-state index < -0.39 is 39.0 Å². The molecule has 104 valence electrons. The van der Waals surface area contributed by atoms with E-state index in [-0.39, 0.29) is 0 Å². The quantitative estimate of drug-likeness (QED) is 0.847. The largest absolute Gasteiger partial charge is 0.481 e. The first-order valence-electron chi connectivity index (χ1n) is 5.53. The number of hydrogen-bond donors (Lipinski definition) is 2. The molecule has 1 saturated carbocycles. The highest BCUT2D eigenvalue weighted by Crippen LogP contribution is 2.62. The SMILES string of the molecule is CS(=O)(=O)[C@H]1[C@@H](c2ccc(Br)cc2)[C@@]1(CO)C(=O)O. The van der Waals surface area contributed by atoms with Crippen molar-refractivity contribution < 1.29 is 23.4 Å². The number of sulfone groups is 1. The fourth-order valence-corrected chi connectivity index (χ4v) is 4.85. The first kappa shape index (κ1) is 14.5. The molecule has 1 fully saturated rings. The number of aliphatic hydroxyl groups excluding tert-OH is 1. The fourth-order valence-electron chi connectivity index (χ4n) is 2.69. The monoisotopic (exact) mass is 348 g/mol. The summed E-state index contributed by atoms with van der Waals surface area (Å²) in [6.07, 6.45) is 1.00. The number of carboxylic acids is 1.